The highest BCUT2D eigenvalue weighted by Crippen LogP contribution is 2.32. The third-order valence-corrected chi connectivity index (χ3v) is 6.45. The van der Waals surface area contributed by atoms with Gasteiger partial charge in [0.2, 0.25) is 15.9 Å². The van der Waals surface area contributed by atoms with Gasteiger partial charge in [0.25, 0.3) is 0 Å². The highest BCUT2D eigenvalue weighted by Gasteiger charge is 2.37. The summed E-state index contributed by atoms with van der Waals surface area (Å²) in [5.41, 5.74) is 2.58. The summed E-state index contributed by atoms with van der Waals surface area (Å²) in [7, 11) is -3.56. The van der Waals surface area contributed by atoms with Gasteiger partial charge in [-0.05, 0) is 51.2 Å². The Labute approximate surface area is 138 Å². The number of amides is 1. The lowest BCUT2D eigenvalue weighted by molar-refractivity contribution is -0.131. The fourth-order valence-corrected chi connectivity index (χ4v) is 5.23. The highest BCUT2D eigenvalue weighted by molar-refractivity contribution is 7.89. The summed E-state index contributed by atoms with van der Waals surface area (Å²) in [6.07, 6.45) is 2.64. The summed E-state index contributed by atoms with van der Waals surface area (Å²) < 4.78 is 28.3. The molecule has 2 aliphatic rings. The smallest absolute Gasteiger partial charge is 0.241 e. The van der Waals surface area contributed by atoms with Crippen molar-refractivity contribution in [3.05, 3.63) is 28.8 Å². The zero-order valence-corrected chi connectivity index (χ0v) is 14.7. The van der Waals surface area contributed by atoms with Gasteiger partial charge in [-0.25, -0.2) is 13.1 Å². The lowest BCUT2D eigenvalue weighted by Gasteiger charge is -2.18. The maximum absolute atomic E-state index is 12.7. The fraction of sp³-hybridized carbons (Fsp3) is 0.588. The summed E-state index contributed by atoms with van der Waals surface area (Å²) in [6.45, 7) is 6.74. The minimum atomic E-state index is -3.56. The van der Waals surface area contributed by atoms with Crippen LogP contribution in [-0.2, 0) is 14.8 Å². The molecule has 2 fully saturated rings. The van der Waals surface area contributed by atoms with E-state index in [1.165, 1.54) is 0 Å². The summed E-state index contributed by atoms with van der Waals surface area (Å²) in [6, 6.07) is 3.58. The number of carbonyl (C=O) groups excluding carboxylic acids is 1. The minimum absolute atomic E-state index is 0.187. The summed E-state index contributed by atoms with van der Waals surface area (Å²) in [4.78, 5) is 14.3. The number of benzene rings is 1. The lowest BCUT2D eigenvalue weighted by Crippen LogP contribution is -2.39. The van der Waals surface area contributed by atoms with Crippen LogP contribution < -0.4 is 4.72 Å². The summed E-state index contributed by atoms with van der Waals surface area (Å²) in [5, 5.41) is 0. The van der Waals surface area contributed by atoms with Gasteiger partial charge >= 0.3 is 0 Å². The Morgan fingerprint density at radius 2 is 1.74 bits per heavy atom. The van der Waals surface area contributed by atoms with Crippen LogP contribution >= 0.6 is 0 Å². The Hall–Kier alpha value is -1.40. The van der Waals surface area contributed by atoms with Gasteiger partial charge < -0.3 is 4.90 Å². The first kappa shape index (κ1) is 16.5. The zero-order chi connectivity index (χ0) is 16.8. The molecule has 5 nitrogen and oxygen atoms in total. The number of aryl methyl sites for hydroxylation is 3. The van der Waals surface area contributed by atoms with E-state index >= 15 is 0 Å². The Morgan fingerprint density at radius 1 is 1.13 bits per heavy atom. The Morgan fingerprint density at radius 3 is 2.30 bits per heavy atom. The molecule has 1 unspecified atom stereocenters. The van der Waals surface area contributed by atoms with Crippen molar-refractivity contribution in [3.63, 3.8) is 0 Å². The predicted octanol–water partition coefficient (Wildman–Crippen LogP) is 1.90. The normalized spacial score (nSPS) is 21.7. The van der Waals surface area contributed by atoms with E-state index < -0.39 is 10.0 Å². The lowest BCUT2D eigenvalue weighted by atomic mass is 10.1. The van der Waals surface area contributed by atoms with Crippen LogP contribution in [0, 0.1) is 26.7 Å². The van der Waals surface area contributed by atoms with E-state index in [9.17, 15) is 13.2 Å². The highest BCUT2D eigenvalue weighted by atomic mass is 32.2. The van der Waals surface area contributed by atoms with E-state index in [0.29, 0.717) is 24.4 Å². The second-order valence-corrected chi connectivity index (χ2v) is 8.54. The number of nitrogens with one attached hydrogen (secondary N) is 1. The van der Waals surface area contributed by atoms with Gasteiger partial charge in [0.1, 0.15) is 0 Å². The molecule has 1 heterocycles. The van der Waals surface area contributed by atoms with Gasteiger partial charge in [0.15, 0.2) is 0 Å². The van der Waals surface area contributed by atoms with Crippen LogP contribution in [0.1, 0.15) is 36.0 Å². The van der Waals surface area contributed by atoms with Gasteiger partial charge in [0.05, 0.1) is 4.90 Å². The molecule has 3 rings (SSSR count). The first-order valence-electron chi connectivity index (χ1n) is 8.17. The molecule has 1 amide bonds. The minimum Gasteiger partial charge on any atom is -0.341 e. The molecule has 1 saturated heterocycles. The third-order valence-electron chi connectivity index (χ3n) is 4.62. The maximum atomic E-state index is 12.7. The second-order valence-electron chi connectivity index (χ2n) is 6.89. The first-order valence-corrected chi connectivity index (χ1v) is 9.65. The van der Waals surface area contributed by atoms with E-state index in [1.807, 2.05) is 32.9 Å². The van der Waals surface area contributed by atoms with Gasteiger partial charge in [0, 0.05) is 25.0 Å². The standard InChI is InChI=1S/C17H24N2O3S/c1-11-8-12(2)16(13(3)9-11)23(21,22)18-15-6-7-19(10-15)17(20)14-4-5-14/h8-9,14-15,18H,4-7,10H2,1-3H3. The van der Waals surface area contributed by atoms with Crippen LogP contribution in [0.2, 0.25) is 0 Å². The SMILES string of the molecule is Cc1cc(C)c(S(=O)(=O)NC2CCN(C(=O)C3CC3)C2)c(C)c1. The molecule has 1 aliphatic heterocycles. The zero-order valence-electron chi connectivity index (χ0n) is 13.9. The summed E-state index contributed by atoms with van der Waals surface area (Å²) >= 11 is 0. The predicted molar refractivity (Wildman–Crippen MR) is 88.7 cm³/mol. The van der Waals surface area contributed by atoms with Crippen LogP contribution in [0.25, 0.3) is 0 Å². The number of rotatable bonds is 4. The number of hydrogen-bond donors (Lipinski definition) is 1. The second kappa shape index (κ2) is 5.91. The van der Waals surface area contributed by atoms with Crippen molar-refractivity contribution in [3.8, 4) is 0 Å². The van der Waals surface area contributed by atoms with Gasteiger partial charge in [-0.3, -0.25) is 4.79 Å². The molecule has 0 aromatic heterocycles. The van der Waals surface area contributed by atoms with Gasteiger partial charge in [-0.15, -0.1) is 0 Å². The molecular formula is C17H24N2O3S. The van der Waals surface area contributed by atoms with E-state index in [4.69, 9.17) is 0 Å². The van der Waals surface area contributed by atoms with Gasteiger partial charge in [-0.1, -0.05) is 17.7 Å². The number of nitrogens with zero attached hydrogens (tertiary/aromatic N) is 1. The van der Waals surface area contributed by atoms with Crippen LogP contribution in [0.4, 0.5) is 0 Å². The van der Waals surface area contributed by atoms with E-state index in [0.717, 1.165) is 29.5 Å². The molecule has 1 N–H and O–H groups in total. The Bertz CT molecular complexity index is 715. The van der Waals surface area contributed by atoms with Gasteiger partial charge in [-0.2, -0.15) is 0 Å². The Balaban J connectivity index is 1.73. The van der Waals surface area contributed by atoms with E-state index in [1.54, 1.807) is 4.90 Å². The number of sulfonamides is 1. The monoisotopic (exact) mass is 336 g/mol. The van der Waals surface area contributed by atoms with Crippen molar-refractivity contribution >= 4 is 15.9 Å². The number of hydrogen-bond acceptors (Lipinski definition) is 3. The van der Waals surface area contributed by atoms with Crippen molar-refractivity contribution in [1.29, 1.82) is 0 Å². The van der Waals surface area contributed by atoms with Crippen LogP contribution in [0.3, 0.4) is 0 Å². The number of likely N-dealkylation sites (tertiary alicyclic amines) is 1. The molecular weight excluding hydrogens is 312 g/mol. The molecule has 1 saturated carbocycles. The average Bonchev–Trinajstić information content (AvgIpc) is 3.17. The van der Waals surface area contributed by atoms with Crippen molar-refractivity contribution < 1.29 is 13.2 Å². The van der Waals surface area contributed by atoms with Crippen LogP contribution in [0.5, 0.6) is 0 Å². The summed E-state index contributed by atoms with van der Waals surface area (Å²) in [5.74, 6) is 0.376. The van der Waals surface area contributed by atoms with Crippen molar-refractivity contribution in [1.82, 2.24) is 9.62 Å². The Kier molecular flexibility index (Phi) is 4.23. The van der Waals surface area contributed by atoms with Crippen LogP contribution in [-0.4, -0.2) is 38.4 Å². The maximum Gasteiger partial charge on any atom is 0.241 e. The quantitative estimate of drug-likeness (QED) is 0.913. The average molecular weight is 336 g/mol. The topological polar surface area (TPSA) is 66.5 Å². The molecule has 6 heteroatoms. The molecule has 0 bridgehead atoms. The third kappa shape index (κ3) is 3.43. The molecule has 1 aromatic carbocycles. The van der Waals surface area contributed by atoms with E-state index in [-0.39, 0.29) is 17.9 Å². The molecule has 0 radical (unpaired) electrons. The number of carbonyl (C=O) groups is 1. The first-order chi connectivity index (χ1) is 10.8. The molecule has 23 heavy (non-hydrogen) atoms. The molecule has 1 atom stereocenters. The molecule has 126 valence electrons. The molecule has 1 aliphatic carbocycles. The van der Waals surface area contributed by atoms with Crippen molar-refractivity contribution in [2.45, 2.75) is 51.0 Å². The van der Waals surface area contributed by atoms with Crippen molar-refractivity contribution in [2.24, 2.45) is 5.92 Å². The van der Waals surface area contributed by atoms with E-state index in [2.05, 4.69) is 4.72 Å². The molecule has 1 aromatic rings. The largest absolute Gasteiger partial charge is 0.341 e. The van der Waals surface area contributed by atoms with Crippen molar-refractivity contribution in [2.75, 3.05) is 13.1 Å². The molecule has 0 spiro atoms. The van der Waals surface area contributed by atoms with Crippen LogP contribution in [0.15, 0.2) is 17.0 Å². The fourth-order valence-electron chi connectivity index (χ4n) is 3.51.